The van der Waals surface area contributed by atoms with Crippen LogP contribution in [0.5, 0.6) is 0 Å². The van der Waals surface area contributed by atoms with E-state index in [4.69, 9.17) is 0 Å². The van der Waals surface area contributed by atoms with E-state index in [0.29, 0.717) is 11.5 Å². The van der Waals surface area contributed by atoms with Crippen molar-refractivity contribution in [2.45, 2.75) is 26.8 Å². The fourth-order valence-electron chi connectivity index (χ4n) is 2.11. The number of carbonyl (C=O) groups excluding carboxylic acids is 2. The van der Waals surface area contributed by atoms with E-state index in [0.717, 1.165) is 5.56 Å². The lowest BCUT2D eigenvalue weighted by Gasteiger charge is -2.21. The van der Waals surface area contributed by atoms with E-state index in [1.165, 1.54) is 0 Å². The number of hydrogen-bond donors (Lipinski definition) is 3. The van der Waals surface area contributed by atoms with Crippen molar-refractivity contribution in [3.8, 4) is 0 Å². The van der Waals surface area contributed by atoms with Crippen LogP contribution in [0.2, 0.25) is 0 Å². The number of para-hydroxylation sites is 1. The van der Waals surface area contributed by atoms with Crippen LogP contribution in [-0.2, 0) is 4.79 Å². The largest absolute Gasteiger partial charge is 0.326 e. The Labute approximate surface area is 141 Å². The van der Waals surface area contributed by atoms with Gasteiger partial charge in [-0.1, -0.05) is 38.1 Å². The molecular formula is C18H22N4O2. The number of pyridine rings is 1. The minimum absolute atomic E-state index is 0.0722. The normalized spacial score (nSPS) is 11.7. The molecule has 0 aliphatic carbocycles. The summed E-state index contributed by atoms with van der Waals surface area (Å²) in [6.07, 6.45) is 1.68. The lowest BCUT2D eigenvalue weighted by Crippen LogP contribution is -2.48. The van der Waals surface area contributed by atoms with Crippen LogP contribution >= 0.6 is 0 Å². The highest BCUT2D eigenvalue weighted by molar-refractivity contribution is 5.98. The summed E-state index contributed by atoms with van der Waals surface area (Å²) in [6.45, 7) is 5.66. The Kier molecular flexibility index (Phi) is 5.89. The van der Waals surface area contributed by atoms with Crippen LogP contribution in [0.3, 0.4) is 0 Å². The van der Waals surface area contributed by atoms with E-state index < -0.39 is 12.1 Å². The van der Waals surface area contributed by atoms with E-state index in [9.17, 15) is 9.59 Å². The van der Waals surface area contributed by atoms with Gasteiger partial charge in [0.15, 0.2) is 0 Å². The second-order valence-electron chi connectivity index (χ2n) is 5.90. The van der Waals surface area contributed by atoms with Crippen LogP contribution in [0.25, 0.3) is 0 Å². The average Bonchev–Trinajstić information content (AvgIpc) is 2.55. The molecule has 0 saturated heterocycles. The zero-order valence-electron chi connectivity index (χ0n) is 14.0. The highest BCUT2D eigenvalue weighted by Crippen LogP contribution is 2.09. The molecule has 3 N–H and O–H groups in total. The van der Waals surface area contributed by atoms with E-state index >= 15 is 0 Å². The molecule has 0 bridgehead atoms. The molecule has 1 unspecified atom stereocenters. The van der Waals surface area contributed by atoms with Gasteiger partial charge in [0.1, 0.15) is 11.9 Å². The van der Waals surface area contributed by atoms with Crippen LogP contribution in [0.4, 0.5) is 16.3 Å². The van der Waals surface area contributed by atoms with Gasteiger partial charge in [0.2, 0.25) is 5.91 Å². The molecule has 1 aromatic carbocycles. The summed E-state index contributed by atoms with van der Waals surface area (Å²) in [7, 11) is 0. The number of rotatable bonds is 5. The fraction of sp³-hybridized carbons (Fsp3) is 0.278. The van der Waals surface area contributed by atoms with Crippen molar-refractivity contribution in [2.75, 3.05) is 10.6 Å². The first-order valence-corrected chi connectivity index (χ1v) is 7.82. The van der Waals surface area contributed by atoms with Crippen molar-refractivity contribution >= 4 is 23.4 Å². The number of amides is 3. The summed E-state index contributed by atoms with van der Waals surface area (Å²) in [5.74, 6) is 0.0862. The first kappa shape index (κ1) is 17.5. The van der Waals surface area contributed by atoms with Crippen LogP contribution in [0.15, 0.2) is 48.7 Å². The Morgan fingerprint density at radius 3 is 2.29 bits per heavy atom. The Morgan fingerprint density at radius 1 is 1.00 bits per heavy atom. The Morgan fingerprint density at radius 2 is 1.71 bits per heavy atom. The quantitative estimate of drug-likeness (QED) is 0.789. The fourth-order valence-corrected chi connectivity index (χ4v) is 2.11. The maximum absolute atomic E-state index is 12.4. The van der Waals surface area contributed by atoms with Crippen LogP contribution in [-0.4, -0.2) is 23.0 Å². The van der Waals surface area contributed by atoms with Gasteiger partial charge in [-0.05, 0) is 36.6 Å². The lowest BCUT2D eigenvalue weighted by molar-refractivity contribution is -0.118. The summed E-state index contributed by atoms with van der Waals surface area (Å²) in [5.41, 5.74) is 1.67. The van der Waals surface area contributed by atoms with Gasteiger partial charge in [0, 0.05) is 11.9 Å². The molecule has 0 aliphatic heterocycles. The summed E-state index contributed by atoms with van der Waals surface area (Å²) in [5, 5.41) is 8.14. The van der Waals surface area contributed by atoms with Crippen LogP contribution in [0, 0.1) is 12.8 Å². The van der Waals surface area contributed by atoms with Crippen molar-refractivity contribution < 1.29 is 9.59 Å². The molecule has 6 heteroatoms. The van der Waals surface area contributed by atoms with Crippen molar-refractivity contribution in [3.05, 3.63) is 54.2 Å². The molecule has 1 aromatic heterocycles. The topological polar surface area (TPSA) is 83.1 Å². The van der Waals surface area contributed by atoms with Gasteiger partial charge >= 0.3 is 6.03 Å². The lowest BCUT2D eigenvalue weighted by atomic mass is 10.0. The third kappa shape index (κ3) is 5.08. The molecule has 126 valence electrons. The van der Waals surface area contributed by atoms with Gasteiger partial charge in [-0.15, -0.1) is 0 Å². The highest BCUT2D eigenvalue weighted by atomic mass is 16.2. The monoisotopic (exact) mass is 326 g/mol. The Bertz CT molecular complexity index is 684. The number of aromatic nitrogens is 1. The second kappa shape index (κ2) is 8.10. The number of aryl methyl sites for hydroxylation is 1. The number of benzene rings is 1. The smallest absolute Gasteiger partial charge is 0.319 e. The predicted molar refractivity (Wildman–Crippen MR) is 94.8 cm³/mol. The summed E-state index contributed by atoms with van der Waals surface area (Å²) >= 11 is 0. The molecule has 0 spiro atoms. The Hall–Kier alpha value is -2.89. The van der Waals surface area contributed by atoms with E-state index in [1.807, 2.05) is 45.0 Å². The molecule has 0 radical (unpaired) electrons. The molecule has 1 atom stereocenters. The number of hydrogen-bond acceptors (Lipinski definition) is 3. The highest BCUT2D eigenvalue weighted by Gasteiger charge is 2.24. The molecule has 2 aromatic rings. The van der Waals surface area contributed by atoms with Gasteiger partial charge in [-0.25, -0.2) is 9.78 Å². The SMILES string of the molecule is Cc1ccc(NC(=O)C(NC(=O)Nc2ccccc2)C(C)C)nc1. The average molecular weight is 326 g/mol. The van der Waals surface area contributed by atoms with Crippen LogP contribution < -0.4 is 16.0 Å². The molecule has 0 saturated carbocycles. The minimum atomic E-state index is -0.670. The van der Waals surface area contributed by atoms with E-state index in [2.05, 4.69) is 20.9 Å². The first-order valence-electron chi connectivity index (χ1n) is 7.82. The van der Waals surface area contributed by atoms with Gasteiger partial charge in [-0.3, -0.25) is 4.79 Å². The number of nitrogens with zero attached hydrogens (tertiary/aromatic N) is 1. The standard InChI is InChI=1S/C18H22N4O2/c1-12(2)16(17(23)21-15-10-9-13(3)11-19-15)22-18(24)20-14-7-5-4-6-8-14/h4-12,16H,1-3H3,(H,19,21,23)(H2,20,22,24). The minimum Gasteiger partial charge on any atom is -0.326 e. The summed E-state index contributed by atoms with van der Waals surface area (Å²) in [6, 6.07) is 11.6. The number of urea groups is 1. The maximum Gasteiger partial charge on any atom is 0.319 e. The number of anilines is 2. The van der Waals surface area contributed by atoms with E-state index in [-0.39, 0.29) is 11.8 Å². The summed E-state index contributed by atoms with van der Waals surface area (Å²) in [4.78, 5) is 28.7. The maximum atomic E-state index is 12.4. The molecule has 24 heavy (non-hydrogen) atoms. The number of nitrogens with one attached hydrogen (secondary N) is 3. The van der Waals surface area contributed by atoms with Crippen molar-refractivity contribution in [1.82, 2.24) is 10.3 Å². The third-order valence-electron chi connectivity index (χ3n) is 3.43. The molecular weight excluding hydrogens is 304 g/mol. The first-order chi connectivity index (χ1) is 11.5. The second-order valence-corrected chi connectivity index (χ2v) is 5.90. The van der Waals surface area contributed by atoms with Gasteiger partial charge in [0.25, 0.3) is 0 Å². The number of carbonyl (C=O) groups is 2. The zero-order valence-corrected chi connectivity index (χ0v) is 14.0. The van der Waals surface area contributed by atoms with Crippen LogP contribution in [0.1, 0.15) is 19.4 Å². The molecule has 1 heterocycles. The predicted octanol–water partition coefficient (Wildman–Crippen LogP) is 3.17. The molecule has 0 fully saturated rings. The van der Waals surface area contributed by atoms with Crippen molar-refractivity contribution in [3.63, 3.8) is 0 Å². The van der Waals surface area contributed by atoms with Crippen molar-refractivity contribution in [2.24, 2.45) is 5.92 Å². The third-order valence-corrected chi connectivity index (χ3v) is 3.43. The molecule has 6 nitrogen and oxygen atoms in total. The van der Waals surface area contributed by atoms with Gasteiger partial charge < -0.3 is 16.0 Å². The molecule has 3 amide bonds. The molecule has 0 aliphatic rings. The summed E-state index contributed by atoms with van der Waals surface area (Å²) < 4.78 is 0. The zero-order chi connectivity index (χ0) is 17.5. The van der Waals surface area contributed by atoms with Crippen molar-refractivity contribution in [1.29, 1.82) is 0 Å². The van der Waals surface area contributed by atoms with Gasteiger partial charge in [0.05, 0.1) is 0 Å². The Balaban J connectivity index is 1.98. The van der Waals surface area contributed by atoms with E-state index in [1.54, 1.807) is 24.4 Å². The van der Waals surface area contributed by atoms with Gasteiger partial charge in [-0.2, -0.15) is 0 Å². The molecule has 2 rings (SSSR count).